The van der Waals surface area contributed by atoms with Crippen LogP contribution in [0.15, 0.2) is 24.3 Å². The molecule has 0 aliphatic carbocycles. The Balaban J connectivity index is 2.84. The first kappa shape index (κ1) is 13.6. The van der Waals surface area contributed by atoms with Crippen LogP contribution in [0.1, 0.15) is 25.8 Å². The van der Waals surface area contributed by atoms with Crippen molar-refractivity contribution in [3.05, 3.63) is 29.8 Å². The lowest BCUT2D eigenvalue weighted by Gasteiger charge is -2.11. The molecular formula is C14H21NO2. The highest BCUT2D eigenvalue weighted by atomic mass is 16.5. The summed E-state index contributed by atoms with van der Waals surface area (Å²) in [7, 11) is 0. The fourth-order valence-electron chi connectivity index (χ4n) is 1.49. The fourth-order valence-corrected chi connectivity index (χ4v) is 1.49. The maximum absolute atomic E-state index is 5.55. The highest BCUT2D eigenvalue weighted by molar-refractivity contribution is 5.55. The fraction of sp³-hybridized carbons (Fsp3) is 0.429. The van der Waals surface area contributed by atoms with Crippen molar-refractivity contribution in [2.75, 3.05) is 19.8 Å². The van der Waals surface area contributed by atoms with Crippen LogP contribution < -0.4 is 15.2 Å². The van der Waals surface area contributed by atoms with Gasteiger partial charge >= 0.3 is 0 Å². The largest absolute Gasteiger partial charge is 0.490 e. The van der Waals surface area contributed by atoms with E-state index in [4.69, 9.17) is 15.2 Å². The second-order valence-electron chi connectivity index (χ2n) is 3.55. The topological polar surface area (TPSA) is 44.5 Å². The van der Waals surface area contributed by atoms with Crippen LogP contribution in [0.2, 0.25) is 0 Å². The normalized spacial score (nSPS) is 10.8. The second kappa shape index (κ2) is 7.74. The van der Waals surface area contributed by atoms with Gasteiger partial charge in [-0.2, -0.15) is 0 Å². The summed E-state index contributed by atoms with van der Waals surface area (Å²) >= 11 is 0. The molecule has 1 aromatic rings. The SMILES string of the molecule is CCOc1ccc(C=CCCN)cc1OCC. The summed E-state index contributed by atoms with van der Waals surface area (Å²) < 4.78 is 11.1. The molecular weight excluding hydrogens is 214 g/mol. The van der Waals surface area contributed by atoms with Crippen molar-refractivity contribution >= 4 is 6.08 Å². The molecule has 0 atom stereocenters. The molecule has 94 valence electrons. The van der Waals surface area contributed by atoms with Gasteiger partial charge in [-0.1, -0.05) is 18.2 Å². The van der Waals surface area contributed by atoms with Gasteiger partial charge < -0.3 is 15.2 Å². The summed E-state index contributed by atoms with van der Waals surface area (Å²) in [5, 5.41) is 0. The summed E-state index contributed by atoms with van der Waals surface area (Å²) in [4.78, 5) is 0. The lowest BCUT2D eigenvalue weighted by atomic mass is 10.1. The molecule has 3 heteroatoms. The molecule has 17 heavy (non-hydrogen) atoms. The zero-order chi connectivity index (χ0) is 12.5. The standard InChI is InChI=1S/C14H21NO2/c1-3-16-13-9-8-12(7-5-6-10-15)11-14(13)17-4-2/h5,7-9,11H,3-4,6,10,15H2,1-2H3. The van der Waals surface area contributed by atoms with E-state index in [0.29, 0.717) is 19.8 Å². The smallest absolute Gasteiger partial charge is 0.161 e. The van der Waals surface area contributed by atoms with Crippen LogP contribution in [0.4, 0.5) is 0 Å². The lowest BCUT2D eigenvalue weighted by molar-refractivity contribution is 0.287. The van der Waals surface area contributed by atoms with Crippen molar-refractivity contribution in [1.29, 1.82) is 0 Å². The molecule has 1 aromatic carbocycles. The average molecular weight is 235 g/mol. The van der Waals surface area contributed by atoms with Gasteiger partial charge in [0.15, 0.2) is 11.5 Å². The molecule has 2 N–H and O–H groups in total. The third kappa shape index (κ3) is 4.49. The lowest BCUT2D eigenvalue weighted by Crippen LogP contribution is -1.98. The summed E-state index contributed by atoms with van der Waals surface area (Å²) in [6, 6.07) is 5.94. The highest BCUT2D eigenvalue weighted by Crippen LogP contribution is 2.28. The van der Waals surface area contributed by atoms with Crippen molar-refractivity contribution < 1.29 is 9.47 Å². The first-order valence-electron chi connectivity index (χ1n) is 6.08. The molecule has 1 rings (SSSR count). The maximum atomic E-state index is 5.55. The Morgan fingerprint density at radius 2 is 1.82 bits per heavy atom. The molecule has 0 aliphatic heterocycles. The van der Waals surface area contributed by atoms with Gasteiger partial charge in [0.2, 0.25) is 0 Å². The molecule has 0 bridgehead atoms. The van der Waals surface area contributed by atoms with Gasteiger partial charge in [-0.25, -0.2) is 0 Å². The Morgan fingerprint density at radius 1 is 1.12 bits per heavy atom. The van der Waals surface area contributed by atoms with Gasteiger partial charge in [0.05, 0.1) is 13.2 Å². The van der Waals surface area contributed by atoms with Crippen LogP contribution in [0, 0.1) is 0 Å². The van der Waals surface area contributed by atoms with E-state index in [1.807, 2.05) is 38.1 Å². The molecule has 0 saturated carbocycles. The predicted octanol–water partition coefficient (Wildman–Crippen LogP) is 2.85. The molecule has 0 aromatic heterocycles. The van der Waals surface area contributed by atoms with Crippen LogP contribution in [-0.2, 0) is 0 Å². The Bertz CT molecular complexity index is 361. The minimum atomic E-state index is 0.635. The molecule has 0 unspecified atom stereocenters. The van der Waals surface area contributed by atoms with Crippen LogP contribution in [-0.4, -0.2) is 19.8 Å². The van der Waals surface area contributed by atoms with Crippen molar-refractivity contribution in [3.8, 4) is 11.5 Å². The Morgan fingerprint density at radius 3 is 2.47 bits per heavy atom. The molecule has 3 nitrogen and oxygen atoms in total. The van der Waals surface area contributed by atoms with Gasteiger partial charge in [0, 0.05) is 0 Å². The van der Waals surface area contributed by atoms with Gasteiger partial charge in [-0.15, -0.1) is 0 Å². The summed E-state index contributed by atoms with van der Waals surface area (Å²) in [5.74, 6) is 1.59. The zero-order valence-electron chi connectivity index (χ0n) is 10.6. The van der Waals surface area contributed by atoms with E-state index in [2.05, 4.69) is 6.08 Å². The van der Waals surface area contributed by atoms with E-state index in [9.17, 15) is 0 Å². The quantitative estimate of drug-likeness (QED) is 0.790. The first-order chi connectivity index (χ1) is 8.31. The van der Waals surface area contributed by atoms with Crippen molar-refractivity contribution in [2.24, 2.45) is 5.73 Å². The summed E-state index contributed by atoms with van der Waals surface area (Å²) in [6.45, 7) is 5.88. The maximum Gasteiger partial charge on any atom is 0.161 e. The monoisotopic (exact) mass is 235 g/mol. The van der Waals surface area contributed by atoms with Crippen molar-refractivity contribution in [1.82, 2.24) is 0 Å². The Hall–Kier alpha value is -1.48. The molecule has 0 heterocycles. The van der Waals surface area contributed by atoms with E-state index in [1.54, 1.807) is 0 Å². The van der Waals surface area contributed by atoms with Gasteiger partial charge in [-0.3, -0.25) is 0 Å². The predicted molar refractivity (Wildman–Crippen MR) is 71.5 cm³/mol. The molecule has 0 amide bonds. The minimum Gasteiger partial charge on any atom is -0.490 e. The summed E-state index contributed by atoms with van der Waals surface area (Å²) in [5.41, 5.74) is 6.54. The highest BCUT2D eigenvalue weighted by Gasteiger charge is 2.04. The zero-order valence-corrected chi connectivity index (χ0v) is 10.6. The van der Waals surface area contributed by atoms with Gasteiger partial charge in [0.1, 0.15) is 0 Å². The van der Waals surface area contributed by atoms with E-state index >= 15 is 0 Å². The molecule has 0 aliphatic rings. The van der Waals surface area contributed by atoms with Crippen LogP contribution in [0.25, 0.3) is 6.08 Å². The number of nitrogens with two attached hydrogens (primary N) is 1. The third-order valence-corrected chi connectivity index (χ3v) is 2.21. The van der Waals surface area contributed by atoms with Crippen LogP contribution in [0.5, 0.6) is 11.5 Å². The minimum absolute atomic E-state index is 0.635. The Kier molecular flexibility index (Phi) is 6.18. The van der Waals surface area contributed by atoms with E-state index in [-0.39, 0.29) is 0 Å². The van der Waals surface area contributed by atoms with E-state index in [1.165, 1.54) is 0 Å². The third-order valence-electron chi connectivity index (χ3n) is 2.21. The van der Waals surface area contributed by atoms with Crippen LogP contribution >= 0.6 is 0 Å². The number of ether oxygens (including phenoxy) is 2. The van der Waals surface area contributed by atoms with Crippen molar-refractivity contribution in [3.63, 3.8) is 0 Å². The molecule has 0 saturated heterocycles. The van der Waals surface area contributed by atoms with Gasteiger partial charge in [-0.05, 0) is 44.5 Å². The second-order valence-corrected chi connectivity index (χ2v) is 3.55. The molecule has 0 spiro atoms. The van der Waals surface area contributed by atoms with E-state index in [0.717, 1.165) is 23.5 Å². The molecule has 0 radical (unpaired) electrons. The Labute approximate surface area is 103 Å². The van der Waals surface area contributed by atoms with E-state index < -0.39 is 0 Å². The summed E-state index contributed by atoms with van der Waals surface area (Å²) in [6.07, 6.45) is 4.99. The number of hydrogen-bond donors (Lipinski definition) is 1. The van der Waals surface area contributed by atoms with Crippen LogP contribution in [0.3, 0.4) is 0 Å². The van der Waals surface area contributed by atoms with Crippen molar-refractivity contribution in [2.45, 2.75) is 20.3 Å². The first-order valence-corrected chi connectivity index (χ1v) is 6.08. The number of hydrogen-bond acceptors (Lipinski definition) is 3. The van der Waals surface area contributed by atoms with Gasteiger partial charge in [0.25, 0.3) is 0 Å². The number of rotatable bonds is 7. The average Bonchev–Trinajstić information content (AvgIpc) is 2.33. The molecule has 0 fully saturated rings. The number of benzene rings is 1.